The smallest absolute Gasteiger partial charge is 0.236 e. The summed E-state index contributed by atoms with van der Waals surface area (Å²) >= 11 is 0. The van der Waals surface area contributed by atoms with Gasteiger partial charge in [0.2, 0.25) is 17.7 Å². The first-order chi connectivity index (χ1) is 14.6. The molecular weight excluding hydrogens is 380 g/mol. The van der Waals surface area contributed by atoms with Crippen molar-refractivity contribution in [2.24, 2.45) is 0 Å². The predicted octanol–water partition coefficient (Wildman–Crippen LogP) is 1.28. The van der Waals surface area contributed by atoms with Gasteiger partial charge in [0.05, 0.1) is 13.0 Å². The van der Waals surface area contributed by atoms with E-state index in [1.54, 1.807) is 0 Å². The van der Waals surface area contributed by atoms with Crippen LogP contribution in [0.15, 0.2) is 30.3 Å². The van der Waals surface area contributed by atoms with E-state index < -0.39 is 0 Å². The zero-order chi connectivity index (χ0) is 21.2. The summed E-state index contributed by atoms with van der Waals surface area (Å²) in [5.74, 6) is 0.220. The monoisotopic (exact) mass is 414 g/mol. The fourth-order valence-electron chi connectivity index (χ4n) is 4.08. The number of hydrogen-bond acceptors (Lipinski definition) is 4. The molecule has 0 unspecified atom stereocenters. The first-order valence-corrected chi connectivity index (χ1v) is 11.2. The molecule has 2 heterocycles. The van der Waals surface area contributed by atoms with Crippen molar-refractivity contribution in [2.75, 3.05) is 52.4 Å². The summed E-state index contributed by atoms with van der Waals surface area (Å²) < 4.78 is 0. The molecule has 0 bridgehead atoms. The summed E-state index contributed by atoms with van der Waals surface area (Å²) in [7, 11) is 0. The summed E-state index contributed by atoms with van der Waals surface area (Å²) in [6, 6.07) is 9.58. The average molecular weight is 415 g/mol. The fraction of sp³-hybridized carbons (Fsp3) is 0.609. The molecule has 0 spiro atoms. The number of amides is 3. The second-order valence-corrected chi connectivity index (χ2v) is 8.21. The van der Waals surface area contributed by atoms with Crippen LogP contribution >= 0.6 is 0 Å². The first-order valence-electron chi connectivity index (χ1n) is 11.2. The van der Waals surface area contributed by atoms with Crippen molar-refractivity contribution in [3.8, 4) is 0 Å². The van der Waals surface area contributed by atoms with E-state index in [0.29, 0.717) is 39.0 Å². The minimum atomic E-state index is -0.0640. The highest BCUT2D eigenvalue weighted by Crippen LogP contribution is 2.11. The molecular formula is C23H34N4O3. The number of piperazine rings is 1. The van der Waals surface area contributed by atoms with E-state index in [0.717, 1.165) is 44.6 Å². The Hall–Kier alpha value is -2.41. The SMILES string of the molecule is O=C(Cc1ccccc1)NCCC(=O)N1CCN(CC(=O)N2CCCCCC2)CC1. The third-order valence-electron chi connectivity index (χ3n) is 5.91. The molecule has 164 valence electrons. The van der Waals surface area contributed by atoms with Crippen LogP contribution in [-0.2, 0) is 20.8 Å². The van der Waals surface area contributed by atoms with Crippen LogP contribution in [0.1, 0.15) is 37.7 Å². The summed E-state index contributed by atoms with van der Waals surface area (Å²) in [5, 5.41) is 2.83. The van der Waals surface area contributed by atoms with Crippen LogP contribution in [0.2, 0.25) is 0 Å². The summed E-state index contributed by atoms with van der Waals surface area (Å²) in [6.45, 7) is 5.32. The molecule has 0 saturated carbocycles. The lowest BCUT2D eigenvalue weighted by atomic mass is 10.1. The Morgan fingerprint density at radius 2 is 1.40 bits per heavy atom. The predicted molar refractivity (Wildman–Crippen MR) is 116 cm³/mol. The van der Waals surface area contributed by atoms with E-state index in [1.807, 2.05) is 40.1 Å². The summed E-state index contributed by atoms with van der Waals surface area (Å²) in [6.07, 6.45) is 5.30. The highest BCUT2D eigenvalue weighted by molar-refractivity contribution is 5.80. The second kappa shape index (κ2) is 11.7. The van der Waals surface area contributed by atoms with Gasteiger partial charge in [-0.05, 0) is 18.4 Å². The molecule has 0 radical (unpaired) electrons. The van der Waals surface area contributed by atoms with E-state index in [2.05, 4.69) is 10.2 Å². The lowest BCUT2D eigenvalue weighted by molar-refractivity contribution is -0.135. The van der Waals surface area contributed by atoms with Gasteiger partial charge in [-0.2, -0.15) is 0 Å². The van der Waals surface area contributed by atoms with Crippen molar-refractivity contribution in [1.29, 1.82) is 0 Å². The van der Waals surface area contributed by atoms with Crippen molar-refractivity contribution in [3.63, 3.8) is 0 Å². The van der Waals surface area contributed by atoms with Crippen molar-refractivity contribution in [2.45, 2.75) is 38.5 Å². The number of carbonyl (C=O) groups excluding carboxylic acids is 3. The van der Waals surface area contributed by atoms with E-state index in [9.17, 15) is 14.4 Å². The zero-order valence-electron chi connectivity index (χ0n) is 17.9. The molecule has 0 aromatic heterocycles. The van der Waals surface area contributed by atoms with Crippen LogP contribution in [0, 0.1) is 0 Å². The highest BCUT2D eigenvalue weighted by atomic mass is 16.2. The van der Waals surface area contributed by atoms with Gasteiger partial charge in [0.1, 0.15) is 0 Å². The minimum absolute atomic E-state index is 0.0634. The molecule has 2 aliphatic rings. The van der Waals surface area contributed by atoms with E-state index in [1.165, 1.54) is 12.8 Å². The van der Waals surface area contributed by atoms with Crippen molar-refractivity contribution < 1.29 is 14.4 Å². The van der Waals surface area contributed by atoms with Gasteiger partial charge in [-0.3, -0.25) is 19.3 Å². The van der Waals surface area contributed by atoms with Gasteiger partial charge in [-0.15, -0.1) is 0 Å². The molecule has 0 atom stereocenters. The molecule has 1 N–H and O–H groups in total. The summed E-state index contributed by atoms with van der Waals surface area (Å²) in [5.41, 5.74) is 0.965. The molecule has 1 aromatic carbocycles. The summed E-state index contributed by atoms with van der Waals surface area (Å²) in [4.78, 5) is 43.0. The third-order valence-corrected chi connectivity index (χ3v) is 5.91. The number of nitrogens with one attached hydrogen (secondary N) is 1. The normalized spacial score (nSPS) is 18.0. The Bertz CT molecular complexity index is 694. The Morgan fingerprint density at radius 1 is 0.767 bits per heavy atom. The van der Waals surface area contributed by atoms with Gasteiger partial charge >= 0.3 is 0 Å². The number of hydrogen-bond donors (Lipinski definition) is 1. The van der Waals surface area contributed by atoms with Gasteiger partial charge < -0.3 is 15.1 Å². The van der Waals surface area contributed by atoms with Gasteiger partial charge in [0.25, 0.3) is 0 Å². The maximum Gasteiger partial charge on any atom is 0.236 e. The van der Waals surface area contributed by atoms with Crippen molar-refractivity contribution in [1.82, 2.24) is 20.0 Å². The Balaban J connectivity index is 1.31. The number of rotatable bonds is 7. The van der Waals surface area contributed by atoms with Gasteiger partial charge in [0.15, 0.2) is 0 Å². The molecule has 2 saturated heterocycles. The Labute approximate surface area is 179 Å². The van der Waals surface area contributed by atoms with E-state index in [4.69, 9.17) is 0 Å². The molecule has 30 heavy (non-hydrogen) atoms. The van der Waals surface area contributed by atoms with Crippen molar-refractivity contribution >= 4 is 17.7 Å². The molecule has 2 aliphatic heterocycles. The largest absolute Gasteiger partial charge is 0.355 e. The lowest BCUT2D eigenvalue weighted by Crippen LogP contribution is -2.52. The molecule has 7 heteroatoms. The van der Waals surface area contributed by atoms with Crippen LogP contribution in [0.5, 0.6) is 0 Å². The van der Waals surface area contributed by atoms with E-state index >= 15 is 0 Å². The van der Waals surface area contributed by atoms with Crippen LogP contribution < -0.4 is 5.32 Å². The molecule has 3 rings (SSSR count). The topological polar surface area (TPSA) is 73.0 Å². The van der Waals surface area contributed by atoms with E-state index in [-0.39, 0.29) is 17.7 Å². The maximum absolute atomic E-state index is 12.5. The lowest BCUT2D eigenvalue weighted by Gasteiger charge is -2.35. The zero-order valence-corrected chi connectivity index (χ0v) is 17.9. The van der Waals surface area contributed by atoms with Gasteiger partial charge in [-0.25, -0.2) is 0 Å². The van der Waals surface area contributed by atoms with Crippen LogP contribution in [-0.4, -0.2) is 84.8 Å². The van der Waals surface area contributed by atoms with Crippen LogP contribution in [0.3, 0.4) is 0 Å². The average Bonchev–Trinajstić information content (AvgIpc) is 3.04. The third kappa shape index (κ3) is 7.13. The maximum atomic E-state index is 12.5. The molecule has 1 aromatic rings. The first kappa shape index (κ1) is 22.3. The molecule has 2 fully saturated rings. The minimum Gasteiger partial charge on any atom is -0.355 e. The Morgan fingerprint density at radius 3 is 2.07 bits per heavy atom. The van der Waals surface area contributed by atoms with Gasteiger partial charge in [-0.1, -0.05) is 43.2 Å². The second-order valence-electron chi connectivity index (χ2n) is 8.21. The number of carbonyl (C=O) groups is 3. The molecule has 0 aliphatic carbocycles. The van der Waals surface area contributed by atoms with Crippen molar-refractivity contribution in [3.05, 3.63) is 35.9 Å². The molecule has 7 nitrogen and oxygen atoms in total. The number of likely N-dealkylation sites (tertiary alicyclic amines) is 1. The Kier molecular flexibility index (Phi) is 8.68. The number of nitrogens with zero attached hydrogens (tertiary/aromatic N) is 3. The van der Waals surface area contributed by atoms with Crippen LogP contribution in [0.25, 0.3) is 0 Å². The fourth-order valence-corrected chi connectivity index (χ4v) is 4.08. The van der Waals surface area contributed by atoms with Crippen LogP contribution in [0.4, 0.5) is 0 Å². The quantitative estimate of drug-likeness (QED) is 0.730. The standard InChI is InChI=1S/C23H34N4O3/c28-21(18-20-8-4-3-5-9-20)24-11-10-22(29)27-16-14-25(15-17-27)19-23(30)26-12-6-1-2-7-13-26/h3-5,8-9H,1-2,6-7,10-19H2,(H,24,28). The highest BCUT2D eigenvalue weighted by Gasteiger charge is 2.24. The molecule has 3 amide bonds. The number of benzene rings is 1. The van der Waals surface area contributed by atoms with Gasteiger partial charge in [0, 0.05) is 52.2 Å².